The Bertz CT molecular complexity index is 238. The summed E-state index contributed by atoms with van der Waals surface area (Å²) in [6.07, 6.45) is 3.85. The fraction of sp³-hybridized carbons (Fsp3) is 0.929. The van der Waals surface area contributed by atoms with Crippen LogP contribution in [-0.4, -0.2) is 32.2 Å². The predicted octanol–water partition coefficient (Wildman–Crippen LogP) is 2.68. The van der Waals surface area contributed by atoms with E-state index in [1.807, 2.05) is 0 Å². The molecule has 0 spiro atoms. The molecular formula is C14H26O3. The minimum absolute atomic E-state index is 0.0354. The van der Waals surface area contributed by atoms with Crippen LogP contribution in [0.1, 0.15) is 40.0 Å². The van der Waals surface area contributed by atoms with Crippen molar-refractivity contribution >= 4 is 5.78 Å². The zero-order chi connectivity index (χ0) is 12.8. The summed E-state index contributed by atoms with van der Waals surface area (Å²) >= 11 is 0. The molecule has 0 aromatic rings. The van der Waals surface area contributed by atoms with Crippen LogP contribution < -0.4 is 0 Å². The monoisotopic (exact) mass is 242 g/mol. The number of rotatable bonds is 6. The van der Waals surface area contributed by atoms with Gasteiger partial charge in [-0.05, 0) is 30.6 Å². The van der Waals surface area contributed by atoms with Crippen LogP contribution in [0.25, 0.3) is 0 Å². The lowest BCUT2D eigenvalue weighted by Gasteiger charge is -2.37. The van der Waals surface area contributed by atoms with E-state index in [0.29, 0.717) is 17.8 Å². The molecule has 0 saturated heterocycles. The highest BCUT2D eigenvalue weighted by molar-refractivity contribution is 5.80. The number of Topliss-reactive ketones (excluding diaryl/α,β-unsaturated/α-hetero) is 1. The normalized spacial score (nSPS) is 29.6. The van der Waals surface area contributed by atoms with E-state index in [4.69, 9.17) is 9.47 Å². The maximum atomic E-state index is 11.4. The van der Waals surface area contributed by atoms with Gasteiger partial charge in [-0.3, -0.25) is 4.79 Å². The first-order chi connectivity index (χ1) is 8.04. The number of hydrogen-bond donors (Lipinski definition) is 0. The predicted molar refractivity (Wildman–Crippen MR) is 68.0 cm³/mol. The average Bonchev–Trinajstić information content (AvgIpc) is 2.26. The molecule has 1 fully saturated rings. The van der Waals surface area contributed by atoms with Crippen LogP contribution in [0.3, 0.4) is 0 Å². The van der Waals surface area contributed by atoms with E-state index in [1.54, 1.807) is 0 Å². The molecule has 3 unspecified atom stereocenters. The molecule has 100 valence electrons. The van der Waals surface area contributed by atoms with Crippen molar-refractivity contribution in [2.75, 3.05) is 20.3 Å². The van der Waals surface area contributed by atoms with Crippen molar-refractivity contribution in [2.45, 2.75) is 46.1 Å². The molecule has 0 aliphatic heterocycles. The molecule has 0 radical (unpaired) electrons. The second-order valence-corrected chi connectivity index (χ2v) is 5.65. The second kappa shape index (κ2) is 7.12. The van der Waals surface area contributed by atoms with Crippen LogP contribution in [0.15, 0.2) is 0 Å². The van der Waals surface area contributed by atoms with Gasteiger partial charge in [0.1, 0.15) is 13.2 Å². The molecule has 1 rings (SSSR count). The summed E-state index contributed by atoms with van der Waals surface area (Å²) in [5.74, 6) is 1.98. The van der Waals surface area contributed by atoms with Crippen LogP contribution in [0.4, 0.5) is 0 Å². The standard InChI is InChI=1S/C14H26O3/c1-10(2)13-6-5-11(3)7-14(13)17-9-12(15)8-16-4/h10-11,13-14H,5-9H2,1-4H3. The Balaban J connectivity index is 2.43. The molecular weight excluding hydrogens is 216 g/mol. The van der Waals surface area contributed by atoms with Gasteiger partial charge in [-0.15, -0.1) is 0 Å². The molecule has 3 nitrogen and oxygen atoms in total. The Morgan fingerprint density at radius 3 is 2.59 bits per heavy atom. The van der Waals surface area contributed by atoms with Gasteiger partial charge in [-0.2, -0.15) is 0 Å². The van der Waals surface area contributed by atoms with Gasteiger partial charge in [0.2, 0.25) is 0 Å². The Labute approximate surface area is 105 Å². The largest absolute Gasteiger partial charge is 0.377 e. The lowest BCUT2D eigenvalue weighted by Crippen LogP contribution is -2.35. The highest BCUT2D eigenvalue weighted by Gasteiger charge is 2.31. The fourth-order valence-electron chi connectivity index (χ4n) is 2.71. The summed E-state index contributed by atoms with van der Waals surface area (Å²) < 4.78 is 10.6. The molecule has 0 bridgehead atoms. The Morgan fingerprint density at radius 1 is 1.29 bits per heavy atom. The van der Waals surface area contributed by atoms with Crippen LogP contribution in [-0.2, 0) is 14.3 Å². The molecule has 0 amide bonds. The summed E-state index contributed by atoms with van der Waals surface area (Å²) in [5, 5.41) is 0. The van der Waals surface area contributed by atoms with Crippen molar-refractivity contribution in [3.8, 4) is 0 Å². The number of ether oxygens (including phenoxy) is 2. The summed E-state index contributed by atoms with van der Waals surface area (Å²) in [6, 6.07) is 0. The third kappa shape index (κ3) is 4.76. The first-order valence-electron chi connectivity index (χ1n) is 6.66. The van der Waals surface area contributed by atoms with E-state index < -0.39 is 0 Å². The van der Waals surface area contributed by atoms with E-state index in [-0.39, 0.29) is 25.1 Å². The summed E-state index contributed by atoms with van der Waals surface area (Å²) in [4.78, 5) is 11.4. The summed E-state index contributed by atoms with van der Waals surface area (Å²) in [6.45, 7) is 7.12. The molecule has 1 saturated carbocycles. The number of carbonyl (C=O) groups excluding carboxylic acids is 1. The Hall–Kier alpha value is -0.410. The van der Waals surface area contributed by atoms with Crippen molar-refractivity contribution < 1.29 is 14.3 Å². The number of ketones is 1. The summed E-state index contributed by atoms with van der Waals surface area (Å²) in [7, 11) is 1.54. The molecule has 17 heavy (non-hydrogen) atoms. The molecule has 1 aliphatic carbocycles. The van der Waals surface area contributed by atoms with Crippen molar-refractivity contribution in [1.29, 1.82) is 0 Å². The quantitative estimate of drug-likeness (QED) is 0.718. The van der Waals surface area contributed by atoms with Gasteiger partial charge in [-0.1, -0.05) is 27.2 Å². The third-order valence-corrected chi connectivity index (χ3v) is 3.73. The topological polar surface area (TPSA) is 35.5 Å². The van der Waals surface area contributed by atoms with Crippen LogP contribution >= 0.6 is 0 Å². The second-order valence-electron chi connectivity index (χ2n) is 5.65. The van der Waals surface area contributed by atoms with Crippen LogP contribution in [0.5, 0.6) is 0 Å². The van der Waals surface area contributed by atoms with Crippen LogP contribution in [0.2, 0.25) is 0 Å². The van der Waals surface area contributed by atoms with Gasteiger partial charge in [0.15, 0.2) is 5.78 Å². The molecule has 0 heterocycles. The van der Waals surface area contributed by atoms with Crippen molar-refractivity contribution in [3.05, 3.63) is 0 Å². The lowest BCUT2D eigenvalue weighted by atomic mass is 9.75. The van der Waals surface area contributed by atoms with Gasteiger partial charge >= 0.3 is 0 Å². The Morgan fingerprint density at radius 2 is 2.00 bits per heavy atom. The molecule has 3 heteroatoms. The zero-order valence-corrected chi connectivity index (χ0v) is 11.6. The van der Waals surface area contributed by atoms with Crippen molar-refractivity contribution in [3.63, 3.8) is 0 Å². The van der Waals surface area contributed by atoms with Gasteiger partial charge in [-0.25, -0.2) is 0 Å². The lowest BCUT2D eigenvalue weighted by molar-refractivity contribution is -0.132. The van der Waals surface area contributed by atoms with E-state index in [2.05, 4.69) is 20.8 Å². The zero-order valence-electron chi connectivity index (χ0n) is 11.6. The smallest absolute Gasteiger partial charge is 0.183 e. The van der Waals surface area contributed by atoms with E-state index in [9.17, 15) is 4.79 Å². The molecule has 0 N–H and O–H groups in total. The third-order valence-electron chi connectivity index (χ3n) is 3.73. The first kappa shape index (κ1) is 14.7. The number of hydrogen-bond acceptors (Lipinski definition) is 3. The first-order valence-corrected chi connectivity index (χ1v) is 6.66. The molecule has 0 aromatic heterocycles. The number of methoxy groups -OCH3 is 1. The van der Waals surface area contributed by atoms with E-state index >= 15 is 0 Å². The SMILES string of the molecule is COCC(=O)COC1CC(C)CCC1C(C)C. The molecule has 0 aromatic carbocycles. The molecule has 1 aliphatic rings. The minimum Gasteiger partial charge on any atom is -0.377 e. The van der Waals surface area contributed by atoms with E-state index in [0.717, 1.165) is 6.42 Å². The van der Waals surface area contributed by atoms with Crippen molar-refractivity contribution in [2.24, 2.45) is 17.8 Å². The van der Waals surface area contributed by atoms with Gasteiger partial charge in [0.25, 0.3) is 0 Å². The highest BCUT2D eigenvalue weighted by Crippen LogP contribution is 2.35. The average molecular weight is 242 g/mol. The summed E-state index contributed by atoms with van der Waals surface area (Å²) in [5.41, 5.74) is 0. The fourth-order valence-corrected chi connectivity index (χ4v) is 2.71. The minimum atomic E-state index is 0.0354. The molecule has 3 atom stereocenters. The van der Waals surface area contributed by atoms with Gasteiger partial charge in [0.05, 0.1) is 6.10 Å². The highest BCUT2D eigenvalue weighted by atomic mass is 16.5. The Kier molecular flexibility index (Phi) is 6.14. The van der Waals surface area contributed by atoms with Crippen molar-refractivity contribution in [1.82, 2.24) is 0 Å². The maximum Gasteiger partial charge on any atom is 0.183 e. The van der Waals surface area contributed by atoms with E-state index in [1.165, 1.54) is 20.0 Å². The number of carbonyl (C=O) groups is 1. The van der Waals surface area contributed by atoms with Gasteiger partial charge in [0, 0.05) is 7.11 Å². The van der Waals surface area contributed by atoms with Crippen LogP contribution in [0, 0.1) is 17.8 Å². The maximum absolute atomic E-state index is 11.4. The van der Waals surface area contributed by atoms with Gasteiger partial charge < -0.3 is 9.47 Å².